The number of amides is 2. The maximum atomic E-state index is 12.4. The van der Waals surface area contributed by atoms with E-state index in [4.69, 9.17) is 16.3 Å². The third-order valence-electron chi connectivity index (χ3n) is 5.43. The lowest BCUT2D eigenvalue weighted by atomic mass is 10.1. The number of carbonyl (C=O) groups excluding carboxylic acids is 1. The van der Waals surface area contributed by atoms with Crippen molar-refractivity contribution >= 4 is 23.3 Å². The van der Waals surface area contributed by atoms with E-state index >= 15 is 0 Å². The molecule has 0 radical (unpaired) electrons. The molecule has 158 valence electrons. The Balaban J connectivity index is 1.35. The average Bonchev–Trinajstić information content (AvgIpc) is 3.42. The predicted molar refractivity (Wildman–Crippen MR) is 117 cm³/mol. The van der Waals surface area contributed by atoms with Crippen LogP contribution in [0.2, 0.25) is 5.02 Å². The Hall–Kier alpha value is -2.77. The van der Waals surface area contributed by atoms with E-state index in [1.54, 1.807) is 19.4 Å². The number of imidazole rings is 1. The van der Waals surface area contributed by atoms with Crippen LogP contribution in [0.15, 0.2) is 48.8 Å². The van der Waals surface area contributed by atoms with E-state index in [1.165, 1.54) is 18.4 Å². The summed E-state index contributed by atoms with van der Waals surface area (Å²) in [5.41, 5.74) is 2.75. The summed E-state index contributed by atoms with van der Waals surface area (Å²) in [6.45, 7) is 2.98. The van der Waals surface area contributed by atoms with E-state index in [1.807, 2.05) is 28.8 Å². The van der Waals surface area contributed by atoms with Crippen molar-refractivity contribution in [1.82, 2.24) is 24.9 Å². The summed E-state index contributed by atoms with van der Waals surface area (Å²) in [6, 6.07) is 11.7. The number of hydrogen-bond donors (Lipinski definition) is 2. The van der Waals surface area contributed by atoms with Gasteiger partial charge in [0.25, 0.3) is 0 Å². The molecule has 0 spiro atoms. The van der Waals surface area contributed by atoms with Gasteiger partial charge in [0.15, 0.2) is 0 Å². The number of methoxy groups -OCH3 is 1. The van der Waals surface area contributed by atoms with Crippen LogP contribution in [-0.4, -0.2) is 47.1 Å². The number of nitrogens with zero attached hydrogens (tertiary/aromatic N) is 3. The number of rotatable bonds is 7. The van der Waals surface area contributed by atoms with Gasteiger partial charge >= 0.3 is 6.03 Å². The summed E-state index contributed by atoms with van der Waals surface area (Å²) in [7, 11) is 1.66. The zero-order valence-corrected chi connectivity index (χ0v) is 17.7. The molecule has 1 aliphatic rings. The zero-order chi connectivity index (χ0) is 20.9. The molecule has 2 aromatic heterocycles. The first-order valence-electron chi connectivity index (χ1n) is 10.2. The molecule has 4 rings (SSSR count). The van der Waals surface area contributed by atoms with Crippen LogP contribution >= 0.6 is 11.6 Å². The minimum absolute atomic E-state index is 0.140. The van der Waals surface area contributed by atoms with Gasteiger partial charge in [0.1, 0.15) is 11.4 Å². The molecule has 1 unspecified atom stereocenters. The number of halogens is 1. The minimum atomic E-state index is -0.206. The van der Waals surface area contributed by atoms with Gasteiger partial charge in [0.2, 0.25) is 0 Å². The van der Waals surface area contributed by atoms with Gasteiger partial charge in [-0.1, -0.05) is 23.7 Å². The second kappa shape index (κ2) is 9.36. The molecule has 2 N–H and O–H groups in total. The van der Waals surface area contributed by atoms with Crippen molar-refractivity contribution in [2.75, 3.05) is 26.7 Å². The largest absolute Gasteiger partial charge is 0.497 e. The minimum Gasteiger partial charge on any atom is -0.497 e. The standard InChI is InChI=1S/C22H26ClN5O2/c1-30-19-7-4-16(5-8-19)20(27-10-2-3-11-27)13-25-22(29)24-12-18-15-28-14-17(23)6-9-21(28)26-18/h4-9,14-15,20H,2-3,10-13H2,1H3,(H2,24,25,29). The lowest BCUT2D eigenvalue weighted by Gasteiger charge is -2.28. The fraction of sp³-hybridized carbons (Fsp3) is 0.364. The van der Waals surface area contributed by atoms with Gasteiger partial charge in [0, 0.05) is 18.9 Å². The van der Waals surface area contributed by atoms with Crippen molar-refractivity contribution in [3.63, 3.8) is 0 Å². The van der Waals surface area contributed by atoms with Crippen molar-refractivity contribution < 1.29 is 9.53 Å². The monoisotopic (exact) mass is 427 g/mol. The van der Waals surface area contributed by atoms with Crippen molar-refractivity contribution in [3.8, 4) is 5.75 Å². The van der Waals surface area contributed by atoms with Crippen LogP contribution in [0.4, 0.5) is 4.79 Å². The molecule has 7 nitrogen and oxygen atoms in total. The molecule has 3 heterocycles. The number of ether oxygens (including phenoxy) is 1. The van der Waals surface area contributed by atoms with E-state index in [9.17, 15) is 4.79 Å². The van der Waals surface area contributed by atoms with Gasteiger partial charge in [-0.25, -0.2) is 9.78 Å². The fourth-order valence-electron chi connectivity index (χ4n) is 3.86. The number of nitrogens with one attached hydrogen (secondary N) is 2. The number of aromatic nitrogens is 2. The van der Waals surface area contributed by atoms with Gasteiger partial charge in [-0.05, 0) is 55.8 Å². The summed E-state index contributed by atoms with van der Waals surface area (Å²) >= 11 is 6.01. The van der Waals surface area contributed by atoms with Gasteiger partial charge in [0.05, 0.1) is 30.4 Å². The van der Waals surface area contributed by atoms with E-state index in [2.05, 4.69) is 32.7 Å². The van der Waals surface area contributed by atoms with Crippen molar-refractivity contribution in [2.45, 2.75) is 25.4 Å². The van der Waals surface area contributed by atoms with Crippen LogP contribution in [0.25, 0.3) is 5.65 Å². The predicted octanol–water partition coefficient (Wildman–Crippen LogP) is 3.63. The molecule has 1 atom stereocenters. The molecule has 8 heteroatoms. The Labute approximate surface area is 181 Å². The average molecular weight is 428 g/mol. The highest BCUT2D eigenvalue weighted by Gasteiger charge is 2.24. The summed E-state index contributed by atoms with van der Waals surface area (Å²) < 4.78 is 7.12. The van der Waals surface area contributed by atoms with Crippen molar-refractivity contribution in [2.24, 2.45) is 0 Å². The maximum absolute atomic E-state index is 12.4. The molecule has 1 fully saturated rings. The number of carbonyl (C=O) groups is 1. The van der Waals surface area contributed by atoms with Crippen LogP contribution in [-0.2, 0) is 6.54 Å². The number of hydrogen-bond acceptors (Lipinski definition) is 4. The van der Waals surface area contributed by atoms with Crippen molar-refractivity contribution in [3.05, 3.63) is 65.1 Å². The van der Waals surface area contributed by atoms with E-state index < -0.39 is 0 Å². The van der Waals surface area contributed by atoms with Crippen LogP contribution in [0.3, 0.4) is 0 Å². The van der Waals surface area contributed by atoms with E-state index in [0.717, 1.165) is 30.2 Å². The SMILES string of the molecule is COc1ccc(C(CNC(=O)NCc2cn3cc(Cl)ccc3n2)N2CCCC2)cc1. The Bertz CT molecular complexity index is 998. The second-order valence-corrected chi connectivity index (χ2v) is 7.88. The molecule has 0 aliphatic carbocycles. The third kappa shape index (κ3) is 4.86. The lowest BCUT2D eigenvalue weighted by Crippen LogP contribution is -2.41. The normalized spacial score (nSPS) is 15.3. The molecule has 2 amide bonds. The van der Waals surface area contributed by atoms with Crippen molar-refractivity contribution in [1.29, 1.82) is 0 Å². The molecule has 0 bridgehead atoms. The molecule has 1 saturated heterocycles. The molecular weight excluding hydrogens is 402 g/mol. The maximum Gasteiger partial charge on any atom is 0.315 e. The van der Waals surface area contributed by atoms with Crippen LogP contribution in [0, 0.1) is 0 Å². The third-order valence-corrected chi connectivity index (χ3v) is 5.66. The quantitative estimate of drug-likeness (QED) is 0.604. The number of benzene rings is 1. The first kappa shape index (κ1) is 20.5. The highest BCUT2D eigenvalue weighted by Crippen LogP contribution is 2.26. The highest BCUT2D eigenvalue weighted by molar-refractivity contribution is 6.30. The number of fused-ring (bicyclic) bond motifs is 1. The Morgan fingerprint density at radius 1 is 1.13 bits per heavy atom. The smallest absolute Gasteiger partial charge is 0.315 e. The van der Waals surface area contributed by atoms with E-state index in [0.29, 0.717) is 18.1 Å². The summed E-state index contributed by atoms with van der Waals surface area (Å²) in [5, 5.41) is 6.56. The van der Waals surface area contributed by atoms with Crippen LogP contribution in [0.5, 0.6) is 5.75 Å². The topological polar surface area (TPSA) is 70.9 Å². The van der Waals surface area contributed by atoms with Gasteiger partial charge in [-0.3, -0.25) is 4.90 Å². The number of urea groups is 1. The molecular formula is C22H26ClN5O2. The molecule has 1 aliphatic heterocycles. The highest BCUT2D eigenvalue weighted by atomic mass is 35.5. The van der Waals surface area contributed by atoms with Gasteiger partial charge in [-0.15, -0.1) is 0 Å². The van der Waals surface area contributed by atoms with Crippen LogP contribution in [0.1, 0.15) is 30.1 Å². The van der Waals surface area contributed by atoms with Crippen LogP contribution < -0.4 is 15.4 Å². The molecule has 1 aromatic carbocycles. The zero-order valence-electron chi connectivity index (χ0n) is 17.0. The Kier molecular flexibility index (Phi) is 6.40. The van der Waals surface area contributed by atoms with Gasteiger partial charge in [-0.2, -0.15) is 0 Å². The second-order valence-electron chi connectivity index (χ2n) is 7.44. The molecule has 3 aromatic rings. The number of likely N-dealkylation sites (tertiary alicyclic amines) is 1. The summed E-state index contributed by atoms with van der Waals surface area (Å²) in [5.74, 6) is 0.832. The Morgan fingerprint density at radius 3 is 2.63 bits per heavy atom. The van der Waals surface area contributed by atoms with E-state index in [-0.39, 0.29) is 12.1 Å². The molecule has 30 heavy (non-hydrogen) atoms. The fourth-order valence-corrected chi connectivity index (χ4v) is 4.03. The first-order chi connectivity index (χ1) is 14.6. The first-order valence-corrected chi connectivity index (χ1v) is 10.5. The Morgan fingerprint density at radius 2 is 1.90 bits per heavy atom. The lowest BCUT2D eigenvalue weighted by molar-refractivity contribution is 0.220. The summed E-state index contributed by atoms with van der Waals surface area (Å²) in [6.07, 6.45) is 6.04. The molecule has 0 saturated carbocycles. The van der Waals surface area contributed by atoms with Gasteiger partial charge < -0.3 is 19.8 Å². The summed E-state index contributed by atoms with van der Waals surface area (Å²) in [4.78, 5) is 19.3. The number of pyridine rings is 1.